The van der Waals surface area contributed by atoms with Gasteiger partial charge in [-0.05, 0) is 25.9 Å². The van der Waals surface area contributed by atoms with E-state index in [1.807, 2.05) is 14.0 Å². The van der Waals surface area contributed by atoms with Gasteiger partial charge >= 0.3 is 0 Å². The monoisotopic (exact) mass is 200 g/mol. The van der Waals surface area contributed by atoms with E-state index in [1.54, 1.807) is 4.90 Å². The lowest BCUT2D eigenvalue weighted by atomic mass is 9.99. The van der Waals surface area contributed by atoms with Crippen LogP contribution in [0.3, 0.4) is 0 Å². The molecule has 0 atom stereocenters. The Bertz CT molecular complexity index is 181. The average Bonchev–Trinajstić information content (AvgIpc) is 2.11. The van der Waals surface area contributed by atoms with Crippen LogP contribution in [0, 0.1) is 5.92 Å². The van der Waals surface area contributed by atoms with Gasteiger partial charge in [-0.3, -0.25) is 4.79 Å². The van der Waals surface area contributed by atoms with Gasteiger partial charge in [-0.25, -0.2) is 0 Å². The fourth-order valence-corrected chi connectivity index (χ4v) is 1.37. The highest BCUT2D eigenvalue weighted by molar-refractivity contribution is 5.76. The molecule has 1 amide bonds. The van der Waals surface area contributed by atoms with E-state index in [9.17, 15) is 4.79 Å². The zero-order chi connectivity index (χ0) is 10.4. The summed E-state index contributed by atoms with van der Waals surface area (Å²) in [7, 11) is 1.84. The lowest BCUT2D eigenvalue weighted by Gasteiger charge is -2.28. The maximum Gasteiger partial charge on any atom is 0.222 e. The van der Waals surface area contributed by atoms with Crippen molar-refractivity contribution in [2.24, 2.45) is 5.92 Å². The molecule has 0 bridgehead atoms. The average molecular weight is 200 g/mol. The van der Waals surface area contributed by atoms with Crippen LogP contribution in [0.4, 0.5) is 0 Å². The van der Waals surface area contributed by atoms with Crippen molar-refractivity contribution in [3.8, 4) is 0 Å². The van der Waals surface area contributed by atoms with Crippen molar-refractivity contribution in [1.82, 2.24) is 10.2 Å². The minimum atomic E-state index is 0.233. The fraction of sp³-hybridized carbons (Fsp3) is 0.900. The van der Waals surface area contributed by atoms with Gasteiger partial charge in [0, 0.05) is 26.6 Å². The molecular weight excluding hydrogens is 180 g/mol. The number of hydrogen-bond donors (Lipinski definition) is 1. The minimum absolute atomic E-state index is 0.233. The molecule has 82 valence electrons. The predicted octanol–water partition coefficient (Wildman–Crippen LogP) is 0.0908. The minimum Gasteiger partial charge on any atom is -0.380 e. The van der Waals surface area contributed by atoms with E-state index in [-0.39, 0.29) is 5.91 Å². The van der Waals surface area contributed by atoms with E-state index in [2.05, 4.69) is 5.32 Å². The van der Waals surface area contributed by atoms with Gasteiger partial charge in [0.1, 0.15) is 0 Å². The molecule has 1 fully saturated rings. The molecular formula is C10H20N2O2. The molecule has 4 heteroatoms. The molecule has 0 radical (unpaired) electrons. The first-order chi connectivity index (χ1) is 6.74. The summed E-state index contributed by atoms with van der Waals surface area (Å²) in [6.07, 6.45) is 0.676. The number of carbonyl (C=O) groups is 1. The van der Waals surface area contributed by atoms with Gasteiger partial charge in [0.05, 0.1) is 6.61 Å². The van der Waals surface area contributed by atoms with Crippen LogP contribution in [-0.4, -0.2) is 50.7 Å². The van der Waals surface area contributed by atoms with Crippen LogP contribution in [0.1, 0.15) is 13.3 Å². The first kappa shape index (κ1) is 11.5. The molecule has 0 unspecified atom stereocenters. The normalized spacial score (nSPS) is 16.4. The first-order valence-corrected chi connectivity index (χ1v) is 5.26. The Morgan fingerprint density at radius 3 is 2.79 bits per heavy atom. The highest BCUT2D eigenvalue weighted by Crippen LogP contribution is 2.09. The summed E-state index contributed by atoms with van der Waals surface area (Å²) >= 11 is 0. The van der Waals surface area contributed by atoms with Gasteiger partial charge < -0.3 is 15.0 Å². The second-order valence-corrected chi connectivity index (χ2v) is 3.74. The van der Waals surface area contributed by atoms with Crippen molar-refractivity contribution in [2.45, 2.75) is 13.3 Å². The van der Waals surface area contributed by atoms with Crippen LogP contribution in [0.25, 0.3) is 0 Å². The third kappa shape index (κ3) is 3.64. The molecule has 0 aromatic carbocycles. The second-order valence-electron chi connectivity index (χ2n) is 3.74. The van der Waals surface area contributed by atoms with Gasteiger partial charge in [0.2, 0.25) is 5.91 Å². The summed E-state index contributed by atoms with van der Waals surface area (Å²) in [5, 5.41) is 3.16. The third-order valence-corrected chi connectivity index (χ3v) is 2.53. The number of rotatable bonds is 6. The zero-order valence-electron chi connectivity index (χ0n) is 9.08. The Kier molecular flexibility index (Phi) is 4.90. The number of ether oxygens (including phenoxy) is 1. The summed E-state index contributed by atoms with van der Waals surface area (Å²) < 4.78 is 5.19. The van der Waals surface area contributed by atoms with Crippen molar-refractivity contribution in [2.75, 3.05) is 39.9 Å². The molecule has 0 spiro atoms. The zero-order valence-corrected chi connectivity index (χ0v) is 9.08. The molecule has 0 aromatic heterocycles. The maximum absolute atomic E-state index is 11.6. The molecule has 0 aliphatic carbocycles. The van der Waals surface area contributed by atoms with E-state index in [4.69, 9.17) is 4.74 Å². The van der Waals surface area contributed by atoms with E-state index in [0.717, 1.165) is 13.1 Å². The van der Waals surface area contributed by atoms with Gasteiger partial charge in [-0.2, -0.15) is 0 Å². The number of likely N-dealkylation sites (N-methyl/N-ethyl adjacent to an activating group) is 1. The number of carbonyl (C=O) groups excluding carboxylic acids is 1. The molecule has 0 saturated carbocycles. The van der Waals surface area contributed by atoms with E-state index < -0.39 is 0 Å². The quantitative estimate of drug-likeness (QED) is 0.618. The molecule has 1 heterocycles. The third-order valence-electron chi connectivity index (χ3n) is 2.53. The van der Waals surface area contributed by atoms with Crippen molar-refractivity contribution in [1.29, 1.82) is 0 Å². The molecule has 1 saturated heterocycles. The highest BCUT2D eigenvalue weighted by Gasteiger charge is 2.21. The molecule has 4 nitrogen and oxygen atoms in total. The summed E-state index contributed by atoms with van der Waals surface area (Å²) in [5.41, 5.74) is 0. The molecule has 1 aliphatic rings. The summed E-state index contributed by atoms with van der Waals surface area (Å²) in [5.74, 6) is 0.785. The molecule has 14 heavy (non-hydrogen) atoms. The lowest BCUT2D eigenvalue weighted by molar-refractivity contribution is -0.131. The SMILES string of the molecule is CCOCCN(C)C(=O)CC1CNC1. The first-order valence-electron chi connectivity index (χ1n) is 5.26. The van der Waals surface area contributed by atoms with Crippen LogP contribution in [0.2, 0.25) is 0 Å². The van der Waals surface area contributed by atoms with Crippen molar-refractivity contribution >= 4 is 5.91 Å². The van der Waals surface area contributed by atoms with Gasteiger partial charge in [0.25, 0.3) is 0 Å². The Morgan fingerprint density at radius 2 is 2.29 bits per heavy atom. The Morgan fingerprint density at radius 1 is 1.57 bits per heavy atom. The van der Waals surface area contributed by atoms with E-state index in [0.29, 0.717) is 32.1 Å². The molecule has 1 rings (SSSR count). The largest absolute Gasteiger partial charge is 0.380 e. The number of amides is 1. The molecule has 1 N–H and O–H groups in total. The Labute approximate surface area is 85.6 Å². The number of nitrogens with one attached hydrogen (secondary N) is 1. The van der Waals surface area contributed by atoms with Crippen LogP contribution in [0.5, 0.6) is 0 Å². The van der Waals surface area contributed by atoms with Crippen molar-refractivity contribution in [3.05, 3.63) is 0 Å². The van der Waals surface area contributed by atoms with E-state index in [1.165, 1.54) is 0 Å². The van der Waals surface area contributed by atoms with Gasteiger partial charge in [-0.1, -0.05) is 0 Å². The van der Waals surface area contributed by atoms with Crippen LogP contribution >= 0.6 is 0 Å². The smallest absolute Gasteiger partial charge is 0.222 e. The Hall–Kier alpha value is -0.610. The van der Waals surface area contributed by atoms with E-state index >= 15 is 0 Å². The van der Waals surface area contributed by atoms with Crippen molar-refractivity contribution < 1.29 is 9.53 Å². The molecule has 0 aromatic rings. The maximum atomic E-state index is 11.6. The second kappa shape index (κ2) is 5.98. The van der Waals surface area contributed by atoms with Crippen molar-refractivity contribution in [3.63, 3.8) is 0 Å². The predicted molar refractivity (Wildman–Crippen MR) is 55.1 cm³/mol. The highest BCUT2D eigenvalue weighted by atomic mass is 16.5. The standard InChI is InChI=1S/C10H20N2O2/c1-3-14-5-4-12(2)10(13)6-9-7-11-8-9/h9,11H,3-8H2,1-2H3. The van der Waals surface area contributed by atoms with Crippen LogP contribution in [-0.2, 0) is 9.53 Å². The number of hydrogen-bond acceptors (Lipinski definition) is 3. The topological polar surface area (TPSA) is 41.6 Å². The summed E-state index contributed by atoms with van der Waals surface area (Å²) in [6, 6.07) is 0. The van der Waals surface area contributed by atoms with Crippen LogP contribution in [0.15, 0.2) is 0 Å². The Balaban J connectivity index is 2.08. The summed E-state index contributed by atoms with van der Waals surface area (Å²) in [6.45, 7) is 6.00. The molecule has 1 aliphatic heterocycles. The fourth-order valence-electron chi connectivity index (χ4n) is 1.37. The van der Waals surface area contributed by atoms with Gasteiger partial charge in [0.15, 0.2) is 0 Å². The lowest BCUT2D eigenvalue weighted by Crippen LogP contribution is -2.45. The van der Waals surface area contributed by atoms with Crippen LogP contribution < -0.4 is 5.32 Å². The summed E-state index contributed by atoms with van der Waals surface area (Å²) in [4.78, 5) is 13.3. The number of nitrogens with zero attached hydrogens (tertiary/aromatic N) is 1. The van der Waals surface area contributed by atoms with Gasteiger partial charge in [-0.15, -0.1) is 0 Å².